The molecular weight excluding hydrogens is 208 g/mol. The first-order valence-corrected chi connectivity index (χ1v) is 5.26. The summed E-state index contributed by atoms with van der Waals surface area (Å²) in [4.78, 5) is 8.56. The lowest BCUT2D eigenvalue weighted by molar-refractivity contribution is 0.943. The third-order valence-electron chi connectivity index (χ3n) is 2.13. The zero-order valence-corrected chi connectivity index (χ0v) is 9.20. The Morgan fingerprint density at radius 1 is 1.13 bits per heavy atom. The highest BCUT2D eigenvalue weighted by molar-refractivity contribution is 6.29. The van der Waals surface area contributed by atoms with E-state index in [-0.39, 0.29) is 0 Å². The molecule has 76 valence electrons. The Bertz CT molecular complexity index is 454. The van der Waals surface area contributed by atoms with E-state index in [0.29, 0.717) is 5.15 Å². The highest BCUT2D eigenvalue weighted by atomic mass is 35.5. The number of nitrogens with zero attached hydrogens (tertiary/aromatic N) is 2. The molecule has 0 radical (unpaired) electrons. The summed E-state index contributed by atoms with van der Waals surface area (Å²) in [6, 6.07) is 11.8. The lowest BCUT2D eigenvalue weighted by atomic mass is 10.1. The highest BCUT2D eigenvalue weighted by Crippen LogP contribution is 2.19. The number of aromatic nitrogens is 2. The van der Waals surface area contributed by atoms with Gasteiger partial charge in [-0.1, -0.05) is 48.9 Å². The van der Waals surface area contributed by atoms with Gasteiger partial charge in [-0.25, -0.2) is 9.97 Å². The normalized spacial score (nSPS) is 10.3. The molecule has 0 N–H and O–H groups in total. The first-order valence-electron chi connectivity index (χ1n) is 4.88. The van der Waals surface area contributed by atoms with Gasteiger partial charge in [-0.15, -0.1) is 0 Å². The van der Waals surface area contributed by atoms with Crippen LogP contribution in [0.4, 0.5) is 0 Å². The summed E-state index contributed by atoms with van der Waals surface area (Å²) in [5.74, 6) is 0.779. The van der Waals surface area contributed by atoms with Crippen LogP contribution in [0, 0.1) is 0 Å². The monoisotopic (exact) mass is 218 g/mol. The van der Waals surface area contributed by atoms with Crippen LogP contribution < -0.4 is 0 Å². The van der Waals surface area contributed by atoms with Gasteiger partial charge in [0.2, 0.25) is 0 Å². The van der Waals surface area contributed by atoms with Crippen molar-refractivity contribution < 1.29 is 0 Å². The van der Waals surface area contributed by atoms with Crippen molar-refractivity contribution in [3.63, 3.8) is 0 Å². The molecule has 0 unspecified atom stereocenters. The fourth-order valence-electron chi connectivity index (χ4n) is 1.38. The number of benzene rings is 1. The topological polar surface area (TPSA) is 25.8 Å². The van der Waals surface area contributed by atoms with Crippen molar-refractivity contribution in [2.75, 3.05) is 0 Å². The molecule has 0 aliphatic heterocycles. The maximum Gasteiger partial charge on any atom is 0.133 e. The van der Waals surface area contributed by atoms with E-state index < -0.39 is 0 Å². The van der Waals surface area contributed by atoms with E-state index in [0.717, 1.165) is 23.5 Å². The molecule has 0 aliphatic rings. The van der Waals surface area contributed by atoms with Gasteiger partial charge in [-0.2, -0.15) is 0 Å². The smallest absolute Gasteiger partial charge is 0.133 e. The summed E-state index contributed by atoms with van der Waals surface area (Å²) in [5, 5.41) is 0.501. The zero-order chi connectivity index (χ0) is 10.7. The Balaban J connectivity index is 2.49. The van der Waals surface area contributed by atoms with Crippen molar-refractivity contribution in [3.8, 4) is 11.3 Å². The Hall–Kier alpha value is -1.41. The van der Waals surface area contributed by atoms with Gasteiger partial charge in [0.25, 0.3) is 0 Å². The van der Waals surface area contributed by atoms with E-state index in [1.807, 2.05) is 37.3 Å². The van der Waals surface area contributed by atoms with Crippen LogP contribution in [0.1, 0.15) is 12.7 Å². The molecule has 1 aromatic heterocycles. The Morgan fingerprint density at radius 3 is 2.53 bits per heavy atom. The van der Waals surface area contributed by atoms with E-state index in [4.69, 9.17) is 11.6 Å². The Labute approximate surface area is 94.0 Å². The standard InChI is InChI=1S/C12H11ClN2/c1-2-12-14-10(8-11(13)15-12)9-6-4-3-5-7-9/h3-8H,2H2,1H3. The van der Waals surface area contributed by atoms with Crippen molar-refractivity contribution in [2.45, 2.75) is 13.3 Å². The van der Waals surface area contributed by atoms with Gasteiger partial charge in [0.1, 0.15) is 11.0 Å². The minimum Gasteiger partial charge on any atom is -0.233 e. The van der Waals surface area contributed by atoms with E-state index in [1.165, 1.54) is 0 Å². The molecule has 2 nitrogen and oxygen atoms in total. The second-order valence-corrected chi connectivity index (χ2v) is 3.60. The van der Waals surface area contributed by atoms with Gasteiger partial charge in [-0.3, -0.25) is 0 Å². The molecule has 0 aliphatic carbocycles. The van der Waals surface area contributed by atoms with Crippen LogP contribution in [-0.2, 0) is 6.42 Å². The van der Waals surface area contributed by atoms with Crippen LogP contribution in [0.2, 0.25) is 5.15 Å². The molecule has 0 amide bonds. The summed E-state index contributed by atoms with van der Waals surface area (Å²) >= 11 is 5.93. The summed E-state index contributed by atoms with van der Waals surface area (Å²) < 4.78 is 0. The fourth-order valence-corrected chi connectivity index (χ4v) is 1.58. The number of hydrogen-bond acceptors (Lipinski definition) is 2. The quantitative estimate of drug-likeness (QED) is 0.723. The van der Waals surface area contributed by atoms with E-state index >= 15 is 0 Å². The van der Waals surface area contributed by atoms with Crippen LogP contribution >= 0.6 is 11.6 Å². The molecule has 0 spiro atoms. The Kier molecular flexibility index (Phi) is 2.97. The molecule has 0 fully saturated rings. The second kappa shape index (κ2) is 4.41. The highest BCUT2D eigenvalue weighted by Gasteiger charge is 2.03. The number of rotatable bonds is 2. The van der Waals surface area contributed by atoms with Crippen molar-refractivity contribution in [2.24, 2.45) is 0 Å². The average Bonchev–Trinajstić information content (AvgIpc) is 2.29. The predicted molar refractivity (Wildman–Crippen MR) is 61.9 cm³/mol. The molecular formula is C12H11ClN2. The number of halogens is 1. The SMILES string of the molecule is CCc1nc(Cl)cc(-c2ccccc2)n1. The molecule has 1 heterocycles. The first kappa shape index (κ1) is 10.1. The molecule has 0 bridgehead atoms. The molecule has 0 saturated heterocycles. The van der Waals surface area contributed by atoms with Gasteiger partial charge >= 0.3 is 0 Å². The molecule has 15 heavy (non-hydrogen) atoms. The van der Waals surface area contributed by atoms with Crippen LogP contribution in [0.25, 0.3) is 11.3 Å². The molecule has 1 aromatic carbocycles. The van der Waals surface area contributed by atoms with Gasteiger partial charge in [-0.05, 0) is 0 Å². The summed E-state index contributed by atoms with van der Waals surface area (Å²) in [5.41, 5.74) is 1.95. The van der Waals surface area contributed by atoms with Gasteiger partial charge in [0.05, 0.1) is 5.69 Å². The zero-order valence-electron chi connectivity index (χ0n) is 8.44. The third kappa shape index (κ3) is 2.34. The average molecular weight is 219 g/mol. The van der Waals surface area contributed by atoms with Gasteiger partial charge in [0.15, 0.2) is 0 Å². The molecule has 3 heteroatoms. The molecule has 0 saturated carbocycles. The van der Waals surface area contributed by atoms with Crippen LogP contribution in [0.15, 0.2) is 36.4 Å². The second-order valence-electron chi connectivity index (χ2n) is 3.21. The number of hydrogen-bond donors (Lipinski definition) is 0. The maximum absolute atomic E-state index is 5.93. The minimum atomic E-state index is 0.501. The predicted octanol–water partition coefficient (Wildman–Crippen LogP) is 3.36. The Morgan fingerprint density at radius 2 is 1.87 bits per heavy atom. The number of aryl methyl sites for hydroxylation is 1. The van der Waals surface area contributed by atoms with Crippen molar-refractivity contribution in [3.05, 3.63) is 47.4 Å². The summed E-state index contributed by atoms with van der Waals surface area (Å²) in [7, 11) is 0. The van der Waals surface area contributed by atoms with Gasteiger partial charge in [0, 0.05) is 18.1 Å². The van der Waals surface area contributed by atoms with Crippen molar-refractivity contribution in [1.82, 2.24) is 9.97 Å². The maximum atomic E-state index is 5.93. The van der Waals surface area contributed by atoms with Crippen molar-refractivity contribution in [1.29, 1.82) is 0 Å². The van der Waals surface area contributed by atoms with Crippen molar-refractivity contribution >= 4 is 11.6 Å². The summed E-state index contributed by atoms with van der Waals surface area (Å²) in [6.07, 6.45) is 0.792. The van der Waals surface area contributed by atoms with Gasteiger partial charge < -0.3 is 0 Å². The fraction of sp³-hybridized carbons (Fsp3) is 0.167. The lowest BCUT2D eigenvalue weighted by Gasteiger charge is -2.03. The summed E-state index contributed by atoms with van der Waals surface area (Å²) in [6.45, 7) is 2.01. The van der Waals surface area contributed by atoms with Crippen LogP contribution in [0.3, 0.4) is 0 Å². The molecule has 2 aromatic rings. The molecule has 2 rings (SSSR count). The largest absolute Gasteiger partial charge is 0.233 e. The molecule has 0 atom stereocenters. The van der Waals surface area contributed by atoms with Crippen LogP contribution in [0.5, 0.6) is 0 Å². The van der Waals surface area contributed by atoms with E-state index in [2.05, 4.69) is 9.97 Å². The van der Waals surface area contributed by atoms with Crippen LogP contribution in [-0.4, -0.2) is 9.97 Å². The lowest BCUT2D eigenvalue weighted by Crippen LogP contribution is -1.95. The minimum absolute atomic E-state index is 0.501. The van der Waals surface area contributed by atoms with E-state index in [1.54, 1.807) is 6.07 Å². The third-order valence-corrected chi connectivity index (χ3v) is 2.32. The first-order chi connectivity index (χ1) is 7.29. The van der Waals surface area contributed by atoms with E-state index in [9.17, 15) is 0 Å².